The summed E-state index contributed by atoms with van der Waals surface area (Å²) in [5.74, 6) is 1.78. The van der Waals surface area contributed by atoms with E-state index in [1.807, 2.05) is 55.7 Å². The number of thioether (sulfide) groups is 1. The first-order valence-electron chi connectivity index (χ1n) is 9.61. The summed E-state index contributed by atoms with van der Waals surface area (Å²) in [6, 6.07) is 11.6. The Bertz CT molecular complexity index is 1090. The maximum atomic E-state index is 11.5. The van der Waals surface area contributed by atoms with Gasteiger partial charge in [0.15, 0.2) is 16.7 Å². The molecule has 0 saturated carbocycles. The summed E-state index contributed by atoms with van der Waals surface area (Å²) in [5, 5.41) is 20.0. The summed E-state index contributed by atoms with van der Waals surface area (Å²) in [6.07, 6.45) is 0. The van der Waals surface area contributed by atoms with Crippen LogP contribution in [0.1, 0.15) is 29.1 Å². The topological polar surface area (TPSA) is 92.3 Å². The van der Waals surface area contributed by atoms with Gasteiger partial charge in [-0.1, -0.05) is 23.9 Å². The normalized spacial score (nSPS) is 11.9. The molecule has 0 fully saturated rings. The van der Waals surface area contributed by atoms with Crippen molar-refractivity contribution in [1.82, 2.24) is 14.8 Å². The summed E-state index contributed by atoms with van der Waals surface area (Å²) >= 11 is 4.80. The standard InChI is InChI=1S/C21H23BrN4O4S/c1-5-30-20-17(22)10-15(11-18(20)29-4)19(12-25(27)28)31-21-24-23-14(3)26(21)16-8-6-7-13(2)9-16/h6-11,19H,5,12H2,1-4H3/t19-/m0/s1. The van der Waals surface area contributed by atoms with Crippen LogP contribution in [0.15, 0.2) is 46.0 Å². The number of aromatic nitrogens is 3. The molecule has 0 spiro atoms. The van der Waals surface area contributed by atoms with Crippen molar-refractivity contribution in [1.29, 1.82) is 0 Å². The highest BCUT2D eigenvalue weighted by Gasteiger charge is 2.26. The van der Waals surface area contributed by atoms with Crippen LogP contribution in [0, 0.1) is 24.0 Å². The van der Waals surface area contributed by atoms with Gasteiger partial charge in [-0.05, 0) is 72.1 Å². The zero-order chi connectivity index (χ0) is 22.5. The molecule has 1 aromatic heterocycles. The third-order valence-corrected chi connectivity index (χ3v) is 6.30. The molecule has 3 rings (SSSR count). The predicted molar refractivity (Wildman–Crippen MR) is 123 cm³/mol. The van der Waals surface area contributed by atoms with Crippen LogP contribution in [-0.2, 0) is 0 Å². The molecule has 1 atom stereocenters. The van der Waals surface area contributed by atoms with Crippen molar-refractivity contribution >= 4 is 27.7 Å². The molecule has 0 radical (unpaired) electrons. The van der Waals surface area contributed by atoms with Gasteiger partial charge in [0.1, 0.15) is 11.1 Å². The summed E-state index contributed by atoms with van der Waals surface area (Å²) in [4.78, 5) is 11.1. The molecule has 0 amide bonds. The Morgan fingerprint density at radius 3 is 2.68 bits per heavy atom. The second-order valence-corrected chi connectivity index (χ2v) is 8.82. The van der Waals surface area contributed by atoms with Gasteiger partial charge in [0.05, 0.1) is 18.2 Å². The molecular formula is C21H23BrN4O4S. The minimum atomic E-state index is -0.511. The first-order chi connectivity index (χ1) is 14.8. The lowest BCUT2D eigenvalue weighted by molar-refractivity contribution is -0.479. The second-order valence-electron chi connectivity index (χ2n) is 6.79. The van der Waals surface area contributed by atoms with E-state index in [1.165, 1.54) is 11.8 Å². The zero-order valence-corrected chi connectivity index (χ0v) is 20.1. The van der Waals surface area contributed by atoms with Gasteiger partial charge in [-0.3, -0.25) is 14.7 Å². The highest BCUT2D eigenvalue weighted by molar-refractivity contribution is 9.10. The molecule has 0 bridgehead atoms. The largest absolute Gasteiger partial charge is 0.493 e. The molecule has 3 aromatic rings. The van der Waals surface area contributed by atoms with Gasteiger partial charge in [-0.25, -0.2) is 0 Å². The Morgan fingerprint density at radius 1 is 1.26 bits per heavy atom. The third kappa shape index (κ3) is 5.37. The van der Waals surface area contributed by atoms with Crippen LogP contribution in [0.2, 0.25) is 0 Å². The van der Waals surface area contributed by atoms with Crippen molar-refractivity contribution in [3.63, 3.8) is 0 Å². The average molecular weight is 507 g/mol. The number of nitro groups is 1. The van der Waals surface area contributed by atoms with E-state index < -0.39 is 5.25 Å². The Labute approximate surface area is 193 Å². The molecule has 8 nitrogen and oxygen atoms in total. The summed E-state index contributed by atoms with van der Waals surface area (Å²) in [6.45, 7) is 5.94. The highest BCUT2D eigenvalue weighted by atomic mass is 79.9. The number of benzene rings is 2. The van der Waals surface area contributed by atoms with E-state index in [0.29, 0.717) is 33.6 Å². The van der Waals surface area contributed by atoms with Crippen molar-refractivity contribution in [2.24, 2.45) is 0 Å². The van der Waals surface area contributed by atoms with Gasteiger partial charge in [0, 0.05) is 10.6 Å². The summed E-state index contributed by atoms with van der Waals surface area (Å²) in [5.41, 5.74) is 2.74. The van der Waals surface area contributed by atoms with Gasteiger partial charge in [0.2, 0.25) is 6.54 Å². The van der Waals surface area contributed by atoms with Crippen molar-refractivity contribution in [3.05, 3.63) is 67.9 Å². The number of nitrogens with zero attached hydrogens (tertiary/aromatic N) is 4. The number of hydrogen-bond acceptors (Lipinski definition) is 7. The average Bonchev–Trinajstić information content (AvgIpc) is 3.08. The Hall–Kier alpha value is -2.59. The number of methoxy groups -OCH3 is 1. The van der Waals surface area contributed by atoms with Crippen LogP contribution < -0.4 is 9.47 Å². The lowest BCUT2D eigenvalue weighted by Gasteiger charge is -2.18. The van der Waals surface area contributed by atoms with Crippen molar-refractivity contribution in [3.8, 4) is 17.2 Å². The molecular weight excluding hydrogens is 484 g/mol. The molecule has 2 aromatic carbocycles. The molecule has 0 aliphatic rings. The SMILES string of the molecule is CCOc1c(Br)cc([C@H](C[N+](=O)[O-])Sc2nnc(C)n2-c2cccc(C)c2)cc1OC. The fourth-order valence-electron chi connectivity index (χ4n) is 3.17. The van der Waals surface area contributed by atoms with Crippen molar-refractivity contribution < 1.29 is 14.4 Å². The zero-order valence-electron chi connectivity index (χ0n) is 17.7. The Kier molecular flexibility index (Phi) is 7.55. The van der Waals surface area contributed by atoms with Crippen LogP contribution in [-0.4, -0.2) is 39.9 Å². The second kappa shape index (κ2) is 10.1. The molecule has 164 valence electrons. The van der Waals surface area contributed by atoms with Gasteiger partial charge >= 0.3 is 0 Å². The molecule has 1 heterocycles. The lowest BCUT2D eigenvalue weighted by atomic mass is 10.1. The van der Waals surface area contributed by atoms with Crippen molar-refractivity contribution in [2.45, 2.75) is 31.2 Å². The minimum Gasteiger partial charge on any atom is -0.493 e. The van der Waals surface area contributed by atoms with E-state index in [-0.39, 0.29) is 11.5 Å². The van der Waals surface area contributed by atoms with E-state index >= 15 is 0 Å². The van der Waals surface area contributed by atoms with E-state index in [0.717, 1.165) is 16.8 Å². The van der Waals surface area contributed by atoms with Gasteiger partial charge in [0.25, 0.3) is 0 Å². The Morgan fingerprint density at radius 2 is 2.03 bits per heavy atom. The highest BCUT2D eigenvalue weighted by Crippen LogP contribution is 2.43. The fraction of sp³-hybridized carbons (Fsp3) is 0.333. The molecule has 0 aliphatic heterocycles. The fourth-order valence-corrected chi connectivity index (χ4v) is 4.90. The van der Waals surface area contributed by atoms with Crippen LogP contribution in [0.25, 0.3) is 5.69 Å². The Balaban J connectivity index is 2.03. The molecule has 0 N–H and O–H groups in total. The van der Waals surface area contributed by atoms with Gasteiger partial charge in [-0.2, -0.15) is 0 Å². The van der Waals surface area contributed by atoms with Crippen molar-refractivity contribution in [2.75, 3.05) is 20.3 Å². The summed E-state index contributed by atoms with van der Waals surface area (Å²) in [7, 11) is 1.54. The van der Waals surface area contributed by atoms with E-state index in [9.17, 15) is 10.1 Å². The molecule has 0 unspecified atom stereocenters. The number of hydrogen-bond donors (Lipinski definition) is 0. The van der Waals surface area contributed by atoms with E-state index in [1.54, 1.807) is 13.2 Å². The number of halogens is 1. The van der Waals surface area contributed by atoms with Crippen LogP contribution in [0.3, 0.4) is 0 Å². The molecule has 10 heteroatoms. The molecule has 31 heavy (non-hydrogen) atoms. The molecule has 0 aliphatic carbocycles. The third-order valence-electron chi connectivity index (χ3n) is 4.53. The van der Waals surface area contributed by atoms with Gasteiger partial charge < -0.3 is 9.47 Å². The maximum absolute atomic E-state index is 11.5. The number of rotatable bonds is 9. The quantitative estimate of drug-likeness (QED) is 0.224. The first kappa shape index (κ1) is 23.1. The smallest absolute Gasteiger partial charge is 0.220 e. The maximum Gasteiger partial charge on any atom is 0.220 e. The predicted octanol–water partition coefficient (Wildman–Crippen LogP) is 5.16. The van der Waals surface area contributed by atoms with E-state index in [2.05, 4.69) is 26.1 Å². The monoisotopic (exact) mass is 506 g/mol. The van der Waals surface area contributed by atoms with Crippen LogP contribution in [0.4, 0.5) is 0 Å². The first-order valence-corrected chi connectivity index (χ1v) is 11.3. The van der Waals surface area contributed by atoms with Crippen LogP contribution >= 0.6 is 27.7 Å². The van der Waals surface area contributed by atoms with E-state index in [4.69, 9.17) is 9.47 Å². The van der Waals surface area contributed by atoms with Crippen LogP contribution in [0.5, 0.6) is 11.5 Å². The summed E-state index contributed by atoms with van der Waals surface area (Å²) < 4.78 is 13.7. The number of aryl methyl sites for hydroxylation is 2. The number of ether oxygens (including phenoxy) is 2. The lowest BCUT2D eigenvalue weighted by Crippen LogP contribution is -2.12. The van der Waals surface area contributed by atoms with Gasteiger partial charge in [-0.15, -0.1) is 10.2 Å². The minimum absolute atomic E-state index is 0.284. The molecule has 0 saturated heterocycles.